The first-order valence-corrected chi connectivity index (χ1v) is 28.7. The van der Waals surface area contributed by atoms with Gasteiger partial charge < -0.3 is 4.90 Å². The largest absolute Gasteiger partial charge is 0.344 e. The molecule has 5 heteroatoms. The molecule has 0 amide bonds. The fourth-order valence-electron chi connectivity index (χ4n) is 11.0. The summed E-state index contributed by atoms with van der Waals surface area (Å²) in [6.45, 7) is 15.7. The quantitative estimate of drug-likeness (QED) is 0.0221. The van der Waals surface area contributed by atoms with Crippen LogP contribution in [0.3, 0.4) is 0 Å². The van der Waals surface area contributed by atoms with Gasteiger partial charge in [0.25, 0.3) is 5.69 Å². The number of allylic oxidation sites excluding steroid dienone is 8. The third-order valence-electron chi connectivity index (χ3n) is 15.3. The molecule has 0 radical (unpaired) electrons. The molecule has 5 nitrogen and oxygen atoms in total. The topological polar surface area (TPSA) is 49.4 Å². The maximum atomic E-state index is 11.8. The van der Waals surface area contributed by atoms with Crippen LogP contribution in [-0.4, -0.2) is 28.3 Å². The van der Waals surface area contributed by atoms with Gasteiger partial charge in [-0.25, -0.2) is 0 Å². The zero-order valence-electron chi connectivity index (χ0n) is 44.8. The zero-order valence-corrected chi connectivity index (χ0v) is 44.8. The Hall–Kier alpha value is -3.73. The first-order valence-electron chi connectivity index (χ1n) is 28.7. The average Bonchev–Trinajstić information content (AvgIpc) is 3.68. The molecule has 2 heterocycles. The normalized spacial score (nSPS) is 15.9. The molecule has 0 aromatic heterocycles. The number of para-hydroxylation sites is 1. The minimum atomic E-state index is -0.332. The molecule has 68 heavy (non-hydrogen) atoms. The smallest absolute Gasteiger partial charge is 0.269 e. The van der Waals surface area contributed by atoms with Gasteiger partial charge in [-0.05, 0) is 44.4 Å². The Morgan fingerprint density at radius 3 is 1.46 bits per heavy atom. The summed E-state index contributed by atoms with van der Waals surface area (Å²) < 4.78 is 2.59. The summed E-state index contributed by atoms with van der Waals surface area (Å²) in [4.78, 5) is 13.9. The standard InChI is InChI=1S/C63H100N3O2/c1-7-9-11-13-15-17-19-21-22-23-24-25-26-27-28-30-32-33-38-44-52-64-58-47-43-42-46-56(58)62(3,4)60(64)48-40-36-35-37-41-49-61-63(5,6)57-54-55(66(67)68)50-51-59(57)65(61)53-45-39-34-31-29-20-18-16-14-12-10-8-2/h35-37,40-43,46-51,54H,7-34,38-39,44-45,52-53H2,1-6H3/q+1. The fraction of sp³-hybridized carbons (Fsp3) is 0.667. The Morgan fingerprint density at radius 2 is 0.956 bits per heavy atom. The van der Waals surface area contributed by atoms with Crippen molar-refractivity contribution in [3.63, 3.8) is 0 Å². The van der Waals surface area contributed by atoms with E-state index < -0.39 is 0 Å². The van der Waals surface area contributed by atoms with Crippen molar-refractivity contribution in [1.82, 2.24) is 0 Å². The van der Waals surface area contributed by atoms with Crippen LogP contribution in [0.1, 0.15) is 258 Å². The second-order valence-electron chi connectivity index (χ2n) is 21.7. The van der Waals surface area contributed by atoms with Gasteiger partial charge in [0.15, 0.2) is 5.71 Å². The Labute approximate surface area is 418 Å². The van der Waals surface area contributed by atoms with E-state index in [0.717, 1.165) is 30.8 Å². The van der Waals surface area contributed by atoms with Gasteiger partial charge in [-0.3, -0.25) is 10.1 Å². The number of fused-ring (bicyclic) bond motifs is 2. The highest BCUT2D eigenvalue weighted by Crippen LogP contribution is 2.49. The van der Waals surface area contributed by atoms with Gasteiger partial charge >= 0.3 is 0 Å². The van der Waals surface area contributed by atoms with E-state index in [2.05, 4.69) is 118 Å². The lowest BCUT2D eigenvalue weighted by Crippen LogP contribution is -2.27. The molecule has 0 aliphatic carbocycles. The van der Waals surface area contributed by atoms with E-state index in [4.69, 9.17) is 0 Å². The van der Waals surface area contributed by atoms with E-state index >= 15 is 0 Å². The van der Waals surface area contributed by atoms with Gasteiger partial charge in [0, 0.05) is 59.6 Å². The summed E-state index contributed by atoms with van der Waals surface area (Å²) in [6, 6.07) is 14.4. The van der Waals surface area contributed by atoms with Crippen LogP contribution in [0.4, 0.5) is 17.1 Å². The molecule has 2 aromatic rings. The van der Waals surface area contributed by atoms with E-state index in [0.29, 0.717) is 0 Å². The van der Waals surface area contributed by atoms with Crippen molar-refractivity contribution < 1.29 is 9.50 Å². The number of hydrogen-bond donors (Lipinski definition) is 0. The summed E-state index contributed by atoms with van der Waals surface area (Å²) in [5, 5.41) is 11.8. The number of hydrogen-bond acceptors (Lipinski definition) is 3. The summed E-state index contributed by atoms with van der Waals surface area (Å²) in [5.41, 5.74) is 7.30. The lowest BCUT2D eigenvalue weighted by Gasteiger charge is -2.27. The molecule has 0 saturated carbocycles. The lowest BCUT2D eigenvalue weighted by atomic mass is 9.81. The molecule has 0 bridgehead atoms. The molecule has 2 aliphatic rings. The summed E-state index contributed by atoms with van der Waals surface area (Å²) in [5.74, 6) is 0. The third-order valence-corrected chi connectivity index (χ3v) is 15.3. The van der Waals surface area contributed by atoms with Crippen LogP contribution in [0.25, 0.3) is 0 Å². The van der Waals surface area contributed by atoms with E-state index in [1.54, 1.807) is 12.1 Å². The van der Waals surface area contributed by atoms with Gasteiger partial charge in [-0.1, -0.05) is 262 Å². The predicted molar refractivity (Wildman–Crippen MR) is 297 cm³/mol. The van der Waals surface area contributed by atoms with Crippen LogP contribution in [0.2, 0.25) is 0 Å². The highest BCUT2D eigenvalue weighted by molar-refractivity contribution is 6.03. The van der Waals surface area contributed by atoms with Gasteiger partial charge in [-0.2, -0.15) is 4.58 Å². The Morgan fingerprint density at radius 1 is 0.515 bits per heavy atom. The highest BCUT2D eigenvalue weighted by Gasteiger charge is 2.44. The van der Waals surface area contributed by atoms with E-state index in [1.165, 1.54) is 222 Å². The van der Waals surface area contributed by atoms with Crippen LogP contribution in [0, 0.1) is 10.1 Å². The van der Waals surface area contributed by atoms with Crippen molar-refractivity contribution in [3.8, 4) is 0 Å². The Kier molecular flexibility index (Phi) is 27.6. The molecule has 0 fully saturated rings. The average molecular weight is 932 g/mol. The van der Waals surface area contributed by atoms with Gasteiger partial charge in [0.05, 0.1) is 10.3 Å². The maximum absolute atomic E-state index is 11.8. The number of nitro groups is 1. The number of anilines is 1. The van der Waals surface area contributed by atoms with Crippen LogP contribution in [-0.2, 0) is 10.8 Å². The van der Waals surface area contributed by atoms with Crippen LogP contribution >= 0.6 is 0 Å². The molecule has 4 rings (SSSR count). The van der Waals surface area contributed by atoms with E-state index in [9.17, 15) is 10.1 Å². The summed E-state index contributed by atoms with van der Waals surface area (Å²) in [7, 11) is 0. The maximum Gasteiger partial charge on any atom is 0.269 e. The second-order valence-corrected chi connectivity index (χ2v) is 21.7. The van der Waals surface area contributed by atoms with Crippen LogP contribution in [0.15, 0.2) is 90.7 Å². The Balaban J connectivity index is 1.22. The molecule has 0 saturated heterocycles. The minimum absolute atomic E-state index is 0.0517. The molecule has 2 aromatic carbocycles. The van der Waals surface area contributed by atoms with Crippen molar-refractivity contribution in [2.24, 2.45) is 0 Å². The first kappa shape index (κ1) is 56.9. The van der Waals surface area contributed by atoms with Crippen molar-refractivity contribution in [2.45, 2.75) is 258 Å². The van der Waals surface area contributed by atoms with Crippen LogP contribution in [0.5, 0.6) is 0 Å². The van der Waals surface area contributed by atoms with Crippen molar-refractivity contribution in [1.29, 1.82) is 0 Å². The van der Waals surface area contributed by atoms with Gasteiger partial charge in [-0.15, -0.1) is 0 Å². The van der Waals surface area contributed by atoms with Gasteiger partial charge in [0.1, 0.15) is 6.54 Å². The molecule has 2 aliphatic heterocycles. The summed E-state index contributed by atoms with van der Waals surface area (Å²) >= 11 is 0. The minimum Gasteiger partial charge on any atom is -0.344 e. The molecule has 0 N–H and O–H groups in total. The molecular weight excluding hydrogens is 831 g/mol. The number of nitro benzene ring substituents is 1. The second kappa shape index (κ2) is 33.0. The Bertz CT molecular complexity index is 1880. The van der Waals surface area contributed by atoms with Crippen molar-refractivity contribution >= 4 is 22.8 Å². The molecule has 0 atom stereocenters. The van der Waals surface area contributed by atoms with Crippen molar-refractivity contribution in [2.75, 3.05) is 18.0 Å². The number of benzene rings is 2. The number of unbranched alkanes of at least 4 members (excludes halogenated alkanes) is 30. The zero-order chi connectivity index (χ0) is 48.7. The number of rotatable bonds is 39. The van der Waals surface area contributed by atoms with Gasteiger partial charge in [0.2, 0.25) is 5.69 Å². The summed E-state index contributed by atoms with van der Waals surface area (Å²) in [6.07, 6.45) is 59.4. The fourth-order valence-corrected chi connectivity index (χ4v) is 11.0. The number of nitrogens with zero attached hydrogens (tertiary/aromatic N) is 3. The molecular formula is C63H100N3O2+. The lowest BCUT2D eigenvalue weighted by molar-refractivity contribution is -0.438. The molecule has 0 spiro atoms. The first-order chi connectivity index (χ1) is 33.1. The molecule has 378 valence electrons. The van der Waals surface area contributed by atoms with Crippen molar-refractivity contribution in [3.05, 3.63) is 112 Å². The van der Waals surface area contributed by atoms with E-state index in [-0.39, 0.29) is 21.4 Å². The monoisotopic (exact) mass is 931 g/mol. The predicted octanol–water partition coefficient (Wildman–Crippen LogP) is 19.8. The number of non-ortho nitro benzene ring substituents is 1. The van der Waals surface area contributed by atoms with E-state index in [1.807, 2.05) is 6.07 Å². The van der Waals surface area contributed by atoms with Crippen LogP contribution < -0.4 is 4.90 Å². The third kappa shape index (κ3) is 19.2. The SMILES string of the molecule is CCCCCCCCCCCCCCCCCCCCCC[N+]1=C(/C=C/C=C/C=C/C=C2\N(CCCCCCCCCCCCCC)c3ccc([N+](=O)[O-])cc3C2(C)C)C(C)(C)c2ccccc21. The molecule has 0 unspecified atom stereocenters. The highest BCUT2D eigenvalue weighted by atomic mass is 16.6.